The highest BCUT2D eigenvalue weighted by Crippen LogP contribution is 2.13. The summed E-state index contributed by atoms with van der Waals surface area (Å²) in [6, 6.07) is 8.87. The number of anilines is 1. The number of hydrogen-bond donors (Lipinski definition) is 2. The van der Waals surface area contributed by atoms with Crippen LogP contribution in [0.3, 0.4) is 0 Å². The number of likely N-dealkylation sites (N-methyl/N-ethyl adjacent to an activating group) is 1. The minimum atomic E-state index is -0.266. The molecule has 2 amide bonds. The van der Waals surface area contributed by atoms with Crippen LogP contribution in [0, 0.1) is 11.3 Å². The zero-order valence-electron chi connectivity index (χ0n) is 12.5. The lowest BCUT2D eigenvalue weighted by Crippen LogP contribution is -2.41. The van der Waals surface area contributed by atoms with Crippen LogP contribution in [0.25, 0.3) is 0 Å². The lowest BCUT2D eigenvalue weighted by Gasteiger charge is -2.17. The summed E-state index contributed by atoms with van der Waals surface area (Å²) in [5.74, 6) is -0.393. The van der Waals surface area contributed by atoms with E-state index in [0.717, 1.165) is 0 Å². The molecule has 0 aromatic heterocycles. The van der Waals surface area contributed by atoms with E-state index in [4.69, 9.17) is 5.26 Å². The van der Waals surface area contributed by atoms with Gasteiger partial charge in [-0.3, -0.25) is 14.5 Å². The zero-order chi connectivity index (χ0) is 15.8. The molecule has 0 saturated heterocycles. The SMILES string of the molecule is CC(C)NC(=O)CN(C)CC(=O)Nc1ccccc1C#N. The second-order valence-electron chi connectivity index (χ2n) is 5.10. The van der Waals surface area contributed by atoms with Crippen molar-refractivity contribution in [2.24, 2.45) is 0 Å². The van der Waals surface area contributed by atoms with E-state index in [-0.39, 0.29) is 30.9 Å². The molecule has 0 unspecified atom stereocenters. The highest BCUT2D eigenvalue weighted by molar-refractivity contribution is 5.93. The van der Waals surface area contributed by atoms with Gasteiger partial charge in [0.1, 0.15) is 6.07 Å². The van der Waals surface area contributed by atoms with Crippen molar-refractivity contribution in [1.82, 2.24) is 10.2 Å². The second kappa shape index (κ2) is 8.02. The van der Waals surface area contributed by atoms with E-state index in [2.05, 4.69) is 10.6 Å². The molecule has 0 heterocycles. The Balaban J connectivity index is 2.50. The molecule has 1 aromatic carbocycles. The van der Waals surface area contributed by atoms with Crippen LogP contribution in [0.1, 0.15) is 19.4 Å². The number of carbonyl (C=O) groups excluding carboxylic acids is 2. The Bertz CT molecular complexity index is 549. The highest BCUT2D eigenvalue weighted by atomic mass is 16.2. The summed E-state index contributed by atoms with van der Waals surface area (Å²) in [5.41, 5.74) is 0.885. The van der Waals surface area contributed by atoms with Crippen molar-refractivity contribution >= 4 is 17.5 Å². The number of nitrogens with one attached hydrogen (secondary N) is 2. The molecule has 0 aliphatic carbocycles. The first-order valence-electron chi connectivity index (χ1n) is 6.69. The van der Waals surface area contributed by atoms with Crippen molar-refractivity contribution in [3.63, 3.8) is 0 Å². The average molecular weight is 288 g/mol. The molecule has 1 aromatic rings. The molecule has 1 rings (SSSR count). The molecule has 0 spiro atoms. The quantitative estimate of drug-likeness (QED) is 0.816. The van der Waals surface area contributed by atoms with Gasteiger partial charge in [0.05, 0.1) is 24.3 Å². The molecular formula is C15H20N4O2. The van der Waals surface area contributed by atoms with Crippen LogP contribution in [0.4, 0.5) is 5.69 Å². The first kappa shape index (κ1) is 16.7. The summed E-state index contributed by atoms with van der Waals surface area (Å²) < 4.78 is 0. The maximum Gasteiger partial charge on any atom is 0.238 e. The molecule has 0 fully saturated rings. The van der Waals surface area contributed by atoms with Gasteiger partial charge in [0.25, 0.3) is 0 Å². The van der Waals surface area contributed by atoms with Crippen LogP contribution in [0.2, 0.25) is 0 Å². The third-order valence-electron chi connectivity index (χ3n) is 2.60. The first-order valence-corrected chi connectivity index (χ1v) is 6.69. The van der Waals surface area contributed by atoms with Crippen molar-refractivity contribution < 1.29 is 9.59 Å². The van der Waals surface area contributed by atoms with Gasteiger partial charge in [0, 0.05) is 6.04 Å². The lowest BCUT2D eigenvalue weighted by atomic mass is 10.2. The predicted molar refractivity (Wildman–Crippen MR) is 80.6 cm³/mol. The summed E-state index contributed by atoms with van der Waals surface area (Å²) in [7, 11) is 1.69. The summed E-state index contributed by atoms with van der Waals surface area (Å²) >= 11 is 0. The number of para-hydroxylation sites is 1. The third kappa shape index (κ3) is 6.06. The van der Waals surface area contributed by atoms with E-state index in [0.29, 0.717) is 11.3 Å². The van der Waals surface area contributed by atoms with Crippen molar-refractivity contribution in [2.45, 2.75) is 19.9 Å². The van der Waals surface area contributed by atoms with Crippen LogP contribution in [0.15, 0.2) is 24.3 Å². The topological polar surface area (TPSA) is 85.2 Å². The molecule has 0 aliphatic rings. The summed E-state index contributed by atoms with van der Waals surface area (Å²) in [4.78, 5) is 25.1. The highest BCUT2D eigenvalue weighted by Gasteiger charge is 2.12. The number of nitriles is 1. The fraction of sp³-hybridized carbons (Fsp3) is 0.400. The van der Waals surface area contributed by atoms with Gasteiger partial charge in [-0.15, -0.1) is 0 Å². The van der Waals surface area contributed by atoms with Gasteiger partial charge < -0.3 is 10.6 Å². The molecule has 21 heavy (non-hydrogen) atoms. The number of carbonyl (C=O) groups is 2. The summed E-state index contributed by atoms with van der Waals surface area (Å²) in [6.45, 7) is 3.98. The fourth-order valence-corrected chi connectivity index (χ4v) is 1.79. The number of nitrogens with zero attached hydrogens (tertiary/aromatic N) is 2. The van der Waals surface area contributed by atoms with E-state index in [1.165, 1.54) is 0 Å². The van der Waals surface area contributed by atoms with Crippen LogP contribution in [-0.2, 0) is 9.59 Å². The zero-order valence-corrected chi connectivity index (χ0v) is 12.5. The largest absolute Gasteiger partial charge is 0.353 e. The third-order valence-corrected chi connectivity index (χ3v) is 2.60. The molecule has 112 valence electrons. The van der Waals surface area contributed by atoms with Gasteiger partial charge >= 0.3 is 0 Å². The molecule has 6 nitrogen and oxygen atoms in total. The smallest absolute Gasteiger partial charge is 0.238 e. The minimum Gasteiger partial charge on any atom is -0.353 e. The van der Waals surface area contributed by atoms with E-state index in [1.807, 2.05) is 19.9 Å². The summed E-state index contributed by atoms with van der Waals surface area (Å²) in [5, 5.41) is 14.4. The standard InChI is InChI=1S/C15H20N4O2/c1-11(2)17-14(20)9-19(3)10-15(21)18-13-7-5-4-6-12(13)8-16/h4-7,11H,9-10H2,1-3H3,(H,17,20)(H,18,21). The molecule has 0 saturated carbocycles. The Morgan fingerprint density at radius 2 is 1.86 bits per heavy atom. The van der Waals surface area contributed by atoms with Crippen LogP contribution in [-0.4, -0.2) is 42.9 Å². The Morgan fingerprint density at radius 1 is 1.24 bits per heavy atom. The number of benzene rings is 1. The molecule has 2 N–H and O–H groups in total. The molecule has 0 radical (unpaired) electrons. The van der Waals surface area contributed by atoms with Gasteiger partial charge in [-0.25, -0.2) is 0 Å². The fourth-order valence-electron chi connectivity index (χ4n) is 1.79. The van der Waals surface area contributed by atoms with Crippen LogP contribution in [0.5, 0.6) is 0 Å². The molecule has 6 heteroatoms. The predicted octanol–water partition coefficient (Wildman–Crippen LogP) is 0.953. The Kier molecular flexibility index (Phi) is 6.37. The Hall–Kier alpha value is -2.39. The van der Waals surface area contributed by atoms with E-state index < -0.39 is 0 Å². The van der Waals surface area contributed by atoms with Gasteiger partial charge in [0.15, 0.2) is 0 Å². The van der Waals surface area contributed by atoms with Crippen molar-refractivity contribution in [3.05, 3.63) is 29.8 Å². The van der Waals surface area contributed by atoms with Crippen LogP contribution < -0.4 is 10.6 Å². The molecule has 0 atom stereocenters. The van der Waals surface area contributed by atoms with Crippen molar-refractivity contribution in [1.29, 1.82) is 5.26 Å². The van der Waals surface area contributed by atoms with Crippen molar-refractivity contribution in [2.75, 3.05) is 25.5 Å². The lowest BCUT2D eigenvalue weighted by molar-refractivity contribution is -0.123. The van der Waals surface area contributed by atoms with Gasteiger partial charge in [-0.2, -0.15) is 5.26 Å². The minimum absolute atomic E-state index is 0.0715. The summed E-state index contributed by atoms with van der Waals surface area (Å²) in [6.07, 6.45) is 0. The Labute approximate surface area is 124 Å². The number of hydrogen-bond acceptors (Lipinski definition) is 4. The number of rotatable bonds is 6. The molecular weight excluding hydrogens is 268 g/mol. The maximum atomic E-state index is 11.9. The van der Waals surface area contributed by atoms with Crippen molar-refractivity contribution in [3.8, 4) is 6.07 Å². The van der Waals surface area contributed by atoms with E-state index in [1.54, 1.807) is 36.2 Å². The van der Waals surface area contributed by atoms with E-state index in [9.17, 15) is 9.59 Å². The second-order valence-corrected chi connectivity index (χ2v) is 5.10. The molecule has 0 bridgehead atoms. The van der Waals surface area contributed by atoms with Gasteiger partial charge in [0.2, 0.25) is 11.8 Å². The Morgan fingerprint density at radius 3 is 2.48 bits per heavy atom. The van der Waals surface area contributed by atoms with Gasteiger partial charge in [-0.1, -0.05) is 12.1 Å². The average Bonchev–Trinajstić information content (AvgIpc) is 2.37. The van der Waals surface area contributed by atoms with Crippen LogP contribution >= 0.6 is 0 Å². The molecule has 0 aliphatic heterocycles. The maximum absolute atomic E-state index is 11.9. The first-order chi connectivity index (χ1) is 9.92. The normalized spacial score (nSPS) is 10.3. The monoisotopic (exact) mass is 288 g/mol. The van der Waals surface area contributed by atoms with E-state index >= 15 is 0 Å². The number of amides is 2. The van der Waals surface area contributed by atoms with Gasteiger partial charge in [-0.05, 0) is 33.0 Å².